The van der Waals surface area contributed by atoms with Crippen LogP contribution < -0.4 is 19.7 Å². The van der Waals surface area contributed by atoms with Crippen LogP contribution in [0.4, 0.5) is 37.7 Å². The van der Waals surface area contributed by atoms with Crippen LogP contribution in [0.3, 0.4) is 0 Å². The van der Waals surface area contributed by atoms with Crippen LogP contribution in [0.5, 0.6) is 23.3 Å². The molecule has 350 valence electrons. The number of esters is 1. The standard InChI is InChI=1S/C21H16BrF3N2O4S.C17H17F3N2O3.C5H2BrClOS/c1-11(2)27(19(28)16-7-8-17(22)32-16)15-6-5-12(10-13(15)20(29)30)31-18-14(21(23,24)25)4-3-9-26-18;1-10(2)22-14-7-6-11(9-12(14)16(23)24-3)25-15-13(17(18,19)20)5-4-8-21-15;6-4-2-1-3(9-4)5(7)8/h3-11H,1-2H3,(H,29,30);4-10,22H,1-3H3;1-2H. The number of amides is 1. The van der Waals surface area contributed by atoms with E-state index in [9.17, 15) is 50.6 Å². The summed E-state index contributed by atoms with van der Waals surface area (Å²) < 4.78 is 95.6. The molecule has 4 aromatic heterocycles. The molecule has 0 fully saturated rings. The maximum atomic E-state index is 13.2. The maximum Gasteiger partial charge on any atom is 0.421 e. The number of carbonyl (C=O) groups excluding carboxylic acids is 3. The van der Waals surface area contributed by atoms with Gasteiger partial charge in [-0.1, -0.05) is 0 Å². The fourth-order valence-corrected chi connectivity index (χ4v) is 8.17. The largest absolute Gasteiger partial charge is 0.478 e. The summed E-state index contributed by atoms with van der Waals surface area (Å²) in [5, 5.41) is 12.4. The number of hydrogen-bond acceptors (Lipinski definition) is 12. The summed E-state index contributed by atoms with van der Waals surface area (Å²) in [5.41, 5.74) is -1.66. The van der Waals surface area contributed by atoms with Crippen LogP contribution in [0.1, 0.15) is 78.9 Å². The zero-order chi connectivity index (χ0) is 49.1. The van der Waals surface area contributed by atoms with E-state index in [2.05, 4.69) is 47.1 Å². The molecule has 0 aliphatic heterocycles. The van der Waals surface area contributed by atoms with E-state index in [-0.39, 0.29) is 34.4 Å². The number of carboxylic acids is 1. The first kappa shape index (κ1) is 53.1. The number of hydrogen-bond donors (Lipinski definition) is 2. The number of benzene rings is 2. The number of rotatable bonds is 12. The number of thiophene rings is 2. The SMILES string of the molecule is CC(C)N(C(=O)c1ccc(Br)s1)c1ccc(Oc2ncccc2C(F)(F)F)cc1C(=O)O.COC(=O)c1cc(Oc2ncccc2C(F)(F)F)ccc1NC(C)C.O=C(Cl)c1ccc(Br)s1. The Morgan fingerprint density at radius 2 is 1.21 bits per heavy atom. The van der Waals surface area contributed by atoms with E-state index in [0.717, 1.165) is 38.0 Å². The second kappa shape index (κ2) is 23.3. The van der Waals surface area contributed by atoms with E-state index in [1.54, 1.807) is 38.1 Å². The highest BCUT2D eigenvalue weighted by atomic mass is 79.9. The number of alkyl halides is 6. The Kier molecular flexibility index (Phi) is 18.7. The van der Waals surface area contributed by atoms with E-state index in [1.165, 1.54) is 77.3 Å². The van der Waals surface area contributed by atoms with Crippen molar-refractivity contribution in [3.63, 3.8) is 0 Å². The van der Waals surface area contributed by atoms with Gasteiger partial charge in [0.2, 0.25) is 11.8 Å². The van der Waals surface area contributed by atoms with E-state index in [1.807, 2.05) is 13.8 Å². The van der Waals surface area contributed by atoms with Crippen molar-refractivity contribution in [3.05, 3.63) is 137 Å². The molecule has 2 N–H and O–H groups in total. The number of nitrogens with one attached hydrogen (secondary N) is 1. The third-order valence-corrected chi connectivity index (χ3v) is 11.7. The van der Waals surface area contributed by atoms with Gasteiger partial charge in [0.15, 0.2) is 0 Å². The van der Waals surface area contributed by atoms with Crippen molar-refractivity contribution in [3.8, 4) is 23.3 Å². The topological polar surface area (TPSA) is 157 Å². The minimum absolute atomic E-state index is 0.0407. The third-order valence-electron chi connectivity index (χ3n) is 8.17. The van der Waals surface area contributed by atoms with Gasteiger partial charge in [0.25, 0.3) is 11.1 Å². The second-order valence-electron chi connectivity index (χ2n) is 13.6. The minimum Gasteiger partial charge on any atom is -0.478 e. The highest BCUT2D eigenvalue weighted by molar-refractivity contribution is 9.11. The molecule has 2 aromatic carbocycles. The zero-order valence-corrected chi connectivity index (χ0v) is 40.3. The number of pyridine rings is 2. The van der Waals surface area contributed by atoms with Crippen LogP contribution >= 0.6 is 66.1 Å². The molecule has 0 bridgehead atoms. The number of aromatic nitrogens is 2. The van der Waals surface area contributed by atoms with Crippen molar-refractivity contribution in [1.29, 1.82) is 0 Å². The number of aromatic carboxylic acids is 1. The predicted octanol–water partition coefficient (Wildman–Crippen LogP) is 13.9. The molecule has 0 unspecified atom stereocenters. The Bertz CT molecular complexity index is 2680. The first-order valence-electron chi connectivity index (χ1n) is 18.7. The van der Waals surface area contributed by atoms with Gasteiger partial charge in [0.1, 0.15) is 22.6 Å². The summed E-state index contributed by atoms with van der Waals surface area (Å²) in [6, 6.07) is 18.4. The maximum absolute atomic E-state index is 13.2. The van der Waals surface area contributed by atoms with Gasteiger partial charge in [-0.05, 0) is 156 Å². The summed E-state index contributed by atoms with van der Waals surface area (Å²) >= 11 is 14.2. The highest BCUT2D eigenvalue weighted by Gasteiger charge is 2.36. The van der Waals surface area contributed by atoms with Crippen molar-refractivity contribution in [1.82, 2.24) is 9.97 Å². The normalized spacial score (nSPS) is 11.2. The monoisotopic (exact) mass is 1110 g/mol. The van der Waals surface area contributed by atoms with Gasteiger partial charge < -0.3 is 29.5 Å². The Morgan fingerprint density at radius 3 is 1.61 bits per heavy atom. The third kappa shape index (κ3) is 14.7. The molecule has 66 heavy (non-hydrogen) atoms. The number of halogens is 9. The molecule has 12 nitrogen and oxygen atoms in total. The first-order chi connectivity index (χ1) is 30.9. The van der Waals surface area contributed by atoms with Gasteiger partial charge in [-0.3, -0.25) is 9.59 Å². The molecule has 0 saturated carbocycles. The lowest BCUT2D eigenvalue weighted by atomic mass is 10.1. The molecule has 1 amide bonds. The number of ether oxygens (including phenoxy) is 3. The molecule has 6 aromatic rings. The van der Waals surface area contributed by atoms with Crippen molar-refractivity contribution < 1.29 is 64.8 Å². The average Bonchev–Trinajstić information content (AvgIpc) is 3.89. The number of methoxy groups -OCH3 is 1. The van der Waals surface area contributed by atoms with Crippen LogP contribution in [0.15, 0.2) is 105 Å². The molecule has 6 rings (SSSR count). The Balaban J connectivity index is 0.000000247. The zero-order valence-electron chi connectivity index (χ0n) is 34.8. The number of nitrogens with zero attached hydrogens (tertiary/aromatic N) is 3. The highest BCUT2D eigenvalue weighted by Crippen LogP contribution is 2.39. The van der Waals surface area contributed by atoms with Crippen LogP contribution in [0, 0.1) is 0 Å². The first-order valence-corrected chi connectivity index (χ1v) is 22.3. The number of carbonyl (C=O) groups is 4. The van der Waals surface area contributed by atoms with E-state index in [4.69, 9.17) is 25.8 Å². The van der Waals surface area contributed by atoms with E-state index < -0.39 is 64.4 Å². The van der Waals surface area contributed by atoms with E-state index in [0.29, 0.717) is 15.4 Å². The number of carboxylic acid groups (broad SMARTS) is 1. The summed E-state index contributed by atoms with van der Waals surface area (Å²) in [5.74, 6) is -3.82. The minimum atomic E-state index is -4.70. The molecule has 0 aliphatic carbocycles. The van der Waals surface area contributed by atoms with E-state index >= 15 is 0 Å². The van der Waals surface area contributed by atoms with Crippen molar-refractivity contribution in [2.24, 2.45) is 0 Å². The summed E-state index contributed by atoms with van der Waals surface area (Å²) in [7, 11) is 1.22. The van der Waals surface area contributed by atoms with Crippen molar-refractivity contribution in [2.45, 2.75) is 52.1 Å². The summed E-state index contributed by atoms with van der Waals surface area (Å²) in [6.07, 6.45) is -6.97. The summed E-state index contributed by atoms with van der Waals surface area (Å²) in [4.78, 5) is 56.9. The van der Waals surface area contributed by atoms with Crippen molar-refractivity contribution in [2.75, 3.05) is 17.3 Å². The number of anilines is 2. The Morgan fingerprint density at radius 1 is 0.727 bits per heavy atom. The summed E-state index contributed by atoms with van der Waals surface area (Å²) in [6.45, 7) is 7.21. The lowest BCUT2D eigenvalue weighted by Crippen LogP contribution is -2.37. The lowest BCUT2D eigenvalue weighted by Gasteiger charge is -2.28. The van der Waals surface area contributed by atoms with Gasteiger partial charge in [-0.25, -0.2) is 19.6 Å². The average molecular weight is 1110 g/mol. The molecule has 0 spiro atoms. The molecule has 4 heterocycles. The van der Waals surface area contributed by atoms with Gasteiger partial charge in [-0.2, -0.15) is 26.3 Å². The molecular weight excluding hydrogens is 1070 g/mol. The lowest BCUT2D eigenvalue weighted by molar-refractivity contribution is -0.139. The molecule has 0 aliphatic rings. The van der Waals surface area contributed by atoms with Crippen LogP contribution in [0.25, 0.3) is 0 Å². The molecule has 0 saturated heterocycles. The van der Waals surface area contributed by atoms with Gasteiger partial charge in [0.05, 0.1) is 41.3 Å². The molecular formula is C43H35Br2ClF6N4O8S2. The molecule has 0 atom stereocenters. The van der Waals surface area contributed by atoms with Crippen molar-refractivity contribution >= 4 is 101 Å². The van der Waals surface area contributed by atoms with Gasteiger partial charge in [-0.15, -0.1) is 22.7 Å². The fraction of sp³-hybridized carbons (Fsp3) is 0.209. The molecule has 23 heteroatoms. The molecule has 0 radical (unpaired) electrons. The van der Waals surface area contributed by atoms with Crippen LogP contribution in [0.2, 0.25) is 0 Å². The van der Waals surface area contributed by atoms with Crippen LogP contribution in [-0.4, -0.2) is 57.4 Å². The van der Waals surface area contributed by atoms with Crippen LogP contribution in [-0.2, 0) is 17.1 Å². The Labute approximate surface area is 402 Å². The smallest absolute Gasteiger partial charge is 0.421 e. The van der Waals surface area contributed by atoms with Gasteiger partial charge in [0, 0.05) is 30.2 Å². The quantitative estimate of drug-likeness (QED) is 0.0683. The fourth-order valence-electron chi connectivity index (χ4n) is 5.45. The Hall–Kier alpha value is -5.55. The van der Waals surface area contributed by atoms with Gasteiger partial charge >= 0.3 is 24.3 Å². The predicted molar refractivity (Wildman–Crippen MR) is 245 cm³/mol. The second-order valence-corrected chi connectivity index (χ2v) is 18.9.